The van der Waals surface area contributed by atoms with Crippen molar-refractivity contribution >= 4 is 34.8 Å². The zero-order valence-electron chi connectivity index (χ0n) is 22.6. The van der Waals surface area contributed by atoms with Crippen LogP contribution in [0.25, 0.3) is 28.1 Å². The normalized spacial score (nSPS) is 12.2. The van der Waals surface area contributed by atoms with Crippen molar-refractivity contribution in [3.8, 4) is 11.1 Å². The van der Waals surface area contributed by atoms with Gasteiger partial charge in [0, 0.05) is 41.2 Å². The second-order valence-electron chi connectivity index (χ2n) is 9.80. The molecule has 0 radical (unpaired) electrons. The number of aliphatic carboxylic acids is 1. The van der Waals surface area contributed by atoms with Crippen LogP contribution in [0.5, 0.6) is 0 Å². The lowest BCUT2D eigenvalue weighted by Gasteiger charge is -2.14. The summed E-state index contributed by atoms with van der Waals surface area (Å²) in [6.07, 6.45) is 7.33. The Bertz CT molecular complexity index is 1320. The summed E-state index contributed by atoms with van der Waals surface area (Å²) in [4.78, 5) is 27.6. The number of hydrogen-bond acceptors (Lipinski definition) is 3. The first-order valence-corrected chi connectivity index (χ1v) is 13.3. The maximum absolute atomic E-state index is 13.6. The average Bonchev–Trinajstić information content (AvgIpc) is 3.22. The standard InChI is InChI=1S/C30H38FN5O3/c1-20(2)36-25-12-8-7-10-23(25)28(21-15-17-22(31)18-16-21)26(36)13-5-3-4-6-14-27(37)35-24(29(38)39)11-9-19-34-30(32)33/h5,7-8,10,12-13,15-18,20,24H,3-4,6,9,11,14,19H2,1-2H3,(H,35,37)(H,38,39)(H4,32,33,34)/b13-5+. The summed E-state index contributed by atoms with van der Waals surface area (Å²) in [5.41, 5.74) is 14.7. The third kappa shape index (κ3) is 8.17. The summed E-state index contributed by atoms with van der Waals surface area (Å²) in [6, 6.07) is 14.1. The first kappa shape index (κ1) is 29.4. The number of guanidine groups is 1. The van der Waals surface area contributed by atoms with Crippen molar-refractivity contribution in [3.05, 3.63) is 66.1 Å². The Morgan fingerprint density at radius 2 is 1.79 bits per heavy atom. The van der Waals surface area contributed by atoms with Gasteiger partial charge in [-0.3, -0.25) is 9.79 Å². The fourth-order valence-corrected chi connectivity index (χ4v) is 4.69. The summed E-state index contributed by atoms with van der Waals surface area (Å²) in [5, 5.41) is 13.1. The number of carbonyl (C=O) groups excluding carboxylic acids is 1. The summed E-state index contributed by atoms with van der Waals surface area (Å²) in [5.74, 6) is -1.68. The number of carboxylic acid groups (broad SMARTS) is 1. The Labute approximate surface area is 228 Å². The van der Waals surface area contributed by atoms with E-state index in [1.165, 1.54) is 12.1 Å². The minimum absolute atomic E-state index is 0.0442. The van der Waals surface area contributed by atoms with Crippen LogP contribution in [-0.4, -0.2) is 40.1 Å². The van der Waals surface area contributed by atoms with Gasteiger partial charge in [-0.25, -0.2) is 9.18 Å². The minimum atomic E-state index is -1.08. The van der Waals surface area contributed by atoms with Gasteiger partial charge in [0.05, 0.1) is 0 Å². The molecule has 0 spiro atoms. The molecule has 0 bridgehead atoms. The number of carbonyl (C=O) groups is 2. The fraction of sp³-hybridized carbons (Fsp3) is 0.367. The van der Waals surface area contributed by atoms with Gasteiger partial charge >= 0.3 is 5.97 Å². The first-order valence-electron chi connectivity index (χ1n) is 13.3. The quantitative estimate of drug-likeness (QED) is 0.127. The third-order valence-corrected chi connectivity index (χ3v) is 6.48. The third-order valence-electron chi connectivity index (χ3n) is 6.48. The van der Waals surface area contributed by atoms with Gasteiger partial charge < -0.3 is 26.5 Å². The lowest BCUT2D eigenvalue weighted by molar-refractivity contribution is -0.142. The van der Waals surface area contributed by atoms with Crippen LogP contribution in [-0.2, 0) is 9.59 Å². The van der Waals surface area contributed by atoms with Crippen molar-refractivity contribution in [2.75, 3.05) is 6.54 Å². The lowest BCUT2D eigenvalue weighted by Crippen LogP contribution is -2.40. The molecule has 0 aliphatic rings. The van der Waals surface area contributed by atoms with Gasteiger partial charge in [-0.05, 0) is 75.8 Å². The number of carboxylic acids is 1. The molecule has 208 valence electrons. The zero-order valence-corrected chi connectivity index (χ0v) is 22.6. The number of fused-ring (bicyclic) bond motifs is 1. The largest absolute Gasteiger partial charge is 0.480 e. The van der Waals surface area contributed by atoms with Gasteiger partial charge in [0.15, 0.2) is 5.96 Å². The van der Waals surface area contributed by atoms with Crippen LogP contribution in [0.15, 0.2) is 59.6 Å². The van der Waals surface area contributed by atoms with Crippen LogP contribution < -0.4 is 16.8 Å². The molecule has 3 rings (SSSR count). The van der Waals surface area contributed by atoms with E-state index in [0.29, 0.717) is 19.4 Å². The maximum Gasteiger partial charge on any atom is 0.326 e. The van der Waals surface area contributed by atoms with Gasteiger partial charge in [0.1, 0.15) is 11.9 Å². The number of hydrogen-bond donors (Lipinski definition) is 4. The van der Waals surface area contributed by atoms with E-state index in [1.807, 2.05) is 24.3 Å². The molecule has 8 nitrogen and oxygen atoms in total. The molecule has 1 amide bonds. The molecule has 0 aliphatic carbocycles. The summed E-state index contributed by atoms with van der Waals surface area (Å²) < 4.78 is 15.9. The van der Waals surface area contributed by atoms with E-state index in [4.69, 9.17) is 11.5 Å². The second-order valence-corrected chi connectivity index (χ2v) is 9.80. The monoisotopic (exact) mass is 535 g/mol. The SMILES string of the molecule is CC(C)n1c(/C=C/CCCCC(=O)NC(CCCN=C(N)N)C(=O)O)c(-c2ccc(F)cc2)c2ccccc21. The number of rotatable bonds is 14. The van der Waals surface area contributed by atoms with E-state index in [2.05, 4.69) is 53.0 Å². The van der Waals surface area contributed by atoms with E-state index < -0.39 is 12.0 Å². The molecule has 1 atom stereocenters. The smallest absolute Gasteiger partial charge is 0.326 e. The number of halogens is 1. The molecule has 1 heterocycles. The van der Waals surface area contributed by atoms with Crippen molar-refractivity contribution in [1.29, 1.82) is 0 Å². The topological polar surface area (TPSA) is 136 Å². The highest BCUT2D eigenvalue weighted by molar-refractivity contribution is 6.01. The summed E-state index contributed by atoms with van der Waals surface area (Å²) >= 11 is 0. The molecular formula is C30H38FN5O3. The van der Waals surface area contributed by atoms with Gasteiger partial charge in [-0.15, -0.1) is 0 Å². The van der Waals surface area contributed by atoms with Crippen LogP contribution in [0.4, 0.5) is 4.39 Å². The van der Waals surface area contributed by atoms with E-state index in [9.17, 15) is 19.1 Å². The Hall–Kier alpha value is -4.14. The number of nitrogens with zero attached hydrogens (tertiary/aromatic N) is 2. The Balaban J connectivity index is 1.63. The molecule has 39 heavy (non-hydrogen) atoms. The number of nitrogens with two attached hydrogens (primary N) is 2. The van der Waals surface area contributed by atoms with Gasteiger partial charge in [0.2, 0.25) is 5.91 Å². The predicted octanol–water partition coefficient (Wildman–Crippen LogP) is 5.22. The van der Waals surface area contributed by atoms with Gasteiger partial charge in [-0.2, -0.15) is 0 Å². The first-order chi connectivity index (χ1) is 18.7. The number of amides is 1. The van der Waals surface area contributed by atoms with Crippen molar-refractivity contribution < 1.29 is 19.1 Å². The molecule has 2 aromatic carbocycles. The number of para-hydroxylation sites is 1. The van der Waals surface area contributed by atoms with Gasteiger partial charge in [0.25, 0.3) is 0 Å². The molecule has 1 aromatic heterocycles. The number of nitrogens with one attached hydrogen (secondary N) is 1. The Morgan fingerprint density at radius 1 is 1.08 bits per heavy atom. The number of aromatic nitrogens is 1. The van der Waals surface area contributed by atoms with Crippen LogP contribution in [0, 0.1) is 5.82 Å². The molecule has 3 aromatic rings. The van der Waals surface area contributed by atoms with Crippen LogP contribution in [0.3, 0.4) is 0 Å². The zero-order chi connectivity index (χ0) is 28.4. The number of unbranched alkanes of at least 4 members (excludes halogenated alkanes) is 2. The lowest BCUT2D eigenvalue weighted by atomic mass is 10.0. The molecular weight excluding hydrogens is 497 g/mol. The highest BCUT2D eigenvalue weighted by Crippen LogP contribution is 2.38. The summed E-state index contributed by atoms with van der Waals surface area (Å²) in [7, 11) is 0. The summed E-state index contributed by atoms with van der Waals surface area (Å²) in [6.45, 7) is 4.59. The highest BCUT2D eigenvalue weighted by atomic mass is 19.1. The van der Waals surface area contributed by atoms with Crippen molar-refractivity contribution in [3.63, 3.8) is 0 Å². The molecule has 0 saturated carbocycles. The average molecular weight is 536 g/mol. The fourth-order valence-electron chi connectivity index (χ4n) is 4.69. The molecule has 0 fully saturated rings. The van der Waals surface area contributed by atoms with E-state index in [-0.39, 0.29) is 36.6 Å². The van der Waals surface area contributed by atoms with Crippen molar-refractivity contribution in [2.45, 2.75) is 64.5 Å². The molecule has 1 unspecified atom stereocenters. The second kappa shape index (κ2) is 14.1. The van der Waals surface area contributed by atoms with Crippen molar-refractivity contribution in [2.24, 2.45) is 16.5 Å². The van der Waals surface area contributed by atoms with Gasteiger partial charge in [-0.1, -0.05) is 36.4 Å². The van der Waals surface area contributed by atoms with Crippen LogP contribution in [0.2, 0.25) is 0 Å². The van der Waals surface area contributed by atoms with Crippen molar-refractivity contribution in [1.82, 2.24) is 9.88 Å². The van der Waals surface area contributed by atoms with E-state index >= 15 is 0 Å². The number of aliphatic imine (C=N–C) groups is 1. The van der Waals surface area contributed by atoms with Crippen LogP contribution in [0.1, 0.15) is 64.1 Å². The van der Waals surface area contributed by atoms with E-state index in [0.717, 1.165) is 40.6 Å². The maximum atomic E-state index is 13.6. The Morgan fingerprint density at radius 3 is 2.46 bits per heavy atom. The highest BCUT2D eigenvalue weighted by Gasteiger charge is 2.20. The molecule has 9 heteroatoms. The number of benzene rings is 2. The molecule has 0 aliphatic heterocycles. The van der Waals surface area contributed by atoms with Crippen LogP contribution >= 0.6 is 0 Å². The predicted molar refractivity (Wildman–Crippen MR) is 155 cm³/mol. The molecule has 0 saturated heterocycles. The Kier molecular flexibility index (Phi) is 10.7. The van der Waals surface area contributed by atoms with E-state index in [1.54, 1.807) is 0 Å². The molecule has 6 N–H and O–H groups in total. The minimum Gasteiger partial charge on any atom is -0.480 e. The number of allylic oxidation sites excluding steroid dienone is 1.